The lowest BCUT2D eigenvalue weighted by Crippen LogP contribution is -1.83. The average molecular weight is 210 g/mol. The molecule has 0 aliphatic heterocycles. The fourth-order valence-corrected chi connectivity index (χ4v) is 1.77. The highest BCUT2D eigenvalue weighted by Gasteiger charge is 2.04. The molecule has 69 valence electrons. The molecule has 0 bridgehead atoms. The monoisotopic (exact) mass is 210 g/mol. The topological polar surface area (TPSA) is 60.5 Å². The van der Waals surface area contributed by atoms with E-state index in [-0.39, 0.29) is 0 Å². The van der Waals surface area contributed by atoms with Crippen LogP contribution in [0.15, 0.2) is 24.4 Å². The Balaban J connectivity index is 2.59. The van der Waals surface area contributed by atoms with Crippen molar-refractivity contribution in [3.05, 3.63) is 40.9 Å². The van der Waals surface area contributed by atoms with Gasteiger partial charge in [-0.2, -0.15) is 10.5 Å². The Hall–Kier alpha value is -2.17. The first-order valence-corrected chi connectivity index (χ1v) is 4.92. The van der Waals surface area contributed by atoms with Crippen molar-refractivity contribution in [3.63, 3.8) is 0 Å². The van der Waals surface area contributed by atoms with Crippen LogP contribution in [-0.4, -0.2) is 4.98 Å². The quantitative estimate of drug-likeness (QED) is 0.725. The molecule has 0 N–H and O–H groups in total. The van der Waals surface area contributed by atoms with Crippen LogP contribution in [0, 0.1) is 28.0 Å². The van der Waals surface area contributed by atoms with E-state index in [0.717, 1.165) is 10.6 Å². The summed E-state index contributed by atoms with van der Waals surface area (Å²) in [7, 11) is 0. The molecule has 0 spiro atoms. The second-order valence-electron chi connectivity index (χ2n) is 2.81. The molecule has 15 heavy (non-hydrogen) atoms. The van der Waals surface area contributed by atoms with Gasteiger partial charge in [0.25, 0.3) is 0 Å². The number of nitrogens with zero attached hydrogens (tertiary/aromatic N) is 3. The second-order valence-corrected chi connectivity index (χ2v) is 3.63. The van der Waals surface area contributed by atoms with Gasteiger partial charge in [-0.05, 0) is 18.2 Å². The van der Waals surface area contributed by atoms with Crippen molar-refractivity contribution in [2.24, 2.45) is 0 Å². The highest BCUT2D eigenvalue weighted by atomic mass is 32.1. The van der Waals surface area contributed by atoms with Gasteiger partial charge in [0.1, 0.15) is 5.01 Å². The van der Waals surface area contributed by atoms with Crippen LogP contribution in [0.1, 0.15) is 11.1 Å². The van der Waals surface area contributed by atoms with E-state index < -0.39 is 0 Å². The van der Waals surface area contributed by atoms with E-state index in [1.807, 2.05) is 12.1 Å². The third-order valence-electron chi connectivity index (χ3n) is 1.83. The molecule has 0 fully saturated rings. The Labute approximate surface area is 90.9 Å². The molecular formula is C11H4N3S. The third-order valence-corrected chi connectivity index (χ3v) is 2.59. The summed E-state index contributed by atoms with van der Waals surface area (Å²) in [6.07, 6.45) is 1.57. The van der Waals surface area contributed by atoms with Crippen molar-refractivity contribution in [3.8, 4) is 22.7 Å². The summed E-state index contributed by atoms with van der Waals surface area (Å²) in [5.41, 5.74) is 1.73. The maximum Gasteiger partial charge on any atom is 0.123 e. The van der Waals surface area contributed by atoms with Crippen LogP contribution in [0.3, 0.4) is 0 Å². The first kappa shape index (κ1) is 9.39. The van der Waals surface area contributed by atoms with Gasteiger partial charge >= 0.3 is 0 Å². The summed E-state index contributed by atoms with van der Waals surface area (Å²) < 4.78 is 0. The van der Waals surface area contributed by atoms with Crippen LogP contribution < -0.4 is 0 Å². The number of hydrogen-bond donors (Lipinski definition) is 0. The molecule has 1 aromatic carbocycles. The average Bonchev–Trinajstić information content (AvgIpc) is 2.81. The van der Waals surface area contributed by atoms with Crippen LogP contribution in [0.25, 0.3) is 10.6 Å². The number of benzene rings is 1. The molecule has 0 unspecified atom stereocenters. The van der Waals surface area contributed by atoms with E-state index in [0.29, 0.717) is 11.1 Å². The van der Waals surface area contributed by atoms with E-state index in [1.54, 1.807) is 24.4 Å². The number of thiazole rings is 1. The molecule has 4 heteroatoms. The van der Waals surface area contributed by atoms with E-state index in [2.05, 4.69) is 10.4 Å². The number of aromatic nitrogens is 1. The first-order chi connectivity index (χ1) is 7.33. The van der Waals surface area contributed by atoms with Gasteiger partial charge in [0.15, 0.2) is 0 Å². The van der Waals surface area contributed by atoms with Crippen LogP contribution in [0.2, 0.25) is 0 Å². The predicted octanol–water partition coefficient (Wildman–Crippen LogP) is 2.35. The van der Waals surface area contributed by atoms with Crippen molar-refractivity contribution >= 4 is 11.3 Å². The molecule has 2 aromatic rings. The zero-order chi connectivity index (χ0) is 10.7. The van der Waals surface area contributed by atoms with Crippen molar-refractivity contribution < 1.29 is 0 Å². The normalized spacial score (nSPS) is 9.20. The number of nitriles is 2. The van der Waals surface area contributed by atoms with E-state index in [1.165, 1.54) is 11.3 Å². The Morgan fingerprint density at radius 3 is 2.27 bits per heavy atom. The minimum absolute atomic E-state index is 0.472. The van der Waals surface area contributed by atoms with Gasteiger partial charge in [0.05, 0.1) is 28.6 Å². The second kappa shape index (κ2) is 3.91. The summed E-state index contributed by atoms with van der Waals surface area (Å²) in [5.74, 6) is 0. The minimum atomic E-state index is 0.472. The Bertz CT molecular complexity index is 526. The summed E-state index contributed by atoms with van der Waals surface area (Å²) in [6.45, 7) is 0. The van der Waals surface area contributed by atoms with Gasteiger partial charge in [-0.25, -0.2) is 4.98 Å². The molecule has 0 saturated heterocycles. The minimum Gasteiger partial charge on any atom is -0.244 e. The molecule has 0 saturated carbocycles. The maximum atomic E-state index is 8.80. The largest absolute Gasteiger partial charge is 0.244 e. The molecule has 0 amide bonds. The molecule has 1 aromatic heterocycles. The van der Waals surface area contributed by atoms with E-state index in [4.69, 9.17) is 10.5 Å². The molecule has 1 radical (unpaired) electrons. The van der Waals surface area contributed by atoms with Gasteiger partial charge in [-0.15, -0.1) is 11.3 Å². The van der Waals surface area contributed by atoms with Crippen LogP contribution in [-0.2, 0) is 0 Å². The summed E-state index contributed by atoms with van der Waals surface area (Å²) in [5, 5.41) is 21.2. The van der Waals surface area contributed by atoms with Crippen molar-refractivity contribution in [2.45, 2.75) is 0 Å². The molecule has 2 rings (SSSR count). The van der Waals surface area contributed by atoms with Crippen molar-refractivity contribution in [1.82, 2.24) is 4.98 Å². The fourth-order valence-electron chi connectivity index (χ4n) is 1.21. The first-order valence-electron chi connectivity index (χ1n) is 4.11. The molecule has 0 aliphatic rings. The molecular weight excluding hydrogens is 206 g/mol. The summed E-state index contributed by atoms with van der Waals surface area (Å²) in [4.78, 5) is 4.08. The lowest BCUT2D eigenvalue weighted by atomic mass is 10.1. The smallest absolute Gasteiger partial charge is 0.123 e. The summed E-state index contributed by atoms with van der Waals surface area (Å²) >= 11 is 1.36. The van der Waals surface area contributed by atoms with Crippen molar-refractivity contribution in [2.75, 3.05) is 0 Å². The van der Waals surface area contributed by atoms with Crippen LogP contribution >= 0.6 is 11.3 Å². The standard InChI is InChI=1S/C11H4N3S/c12-6-8-3-9(7-13)5-10(4-8)11-14-1-2-15-11/h1,3-5H. The van der Waals surface area contributed by atoms with Crippen molar-refractivity contribution in [1.29, 1.82) is 10.5 Å². The van der Waals surface area contributed by atoms with Gasteiger partial charge in [-0.1, -0.05) is 0 Å². The van der Waals surface area contributed by atoms with Gasteiger partial charge in [0, 0.05) is 11.8 Å². The highest BCUT2D eigenvalue weighted by molar-refractivity contribution is 7.12. The molecule has 0 atom stereocenters. The molecule has 1 heterocycles. The molecule has 0 aliphatic carbocycles. The van der Waals surface area contributed by atoms with Gasteiger partial charge in [0.2, 0.25) is 0 Å². The van der Waals surface area contributed by atoms with Crippen LogP contribution in [0.4, 0.5) is 0 Å². The van der Waals surface area contributed by atoms with E-state index in [9.17, 15) is 0 Å². The molecule has 3 nitrogen and oxygen atoms in total. The Morgan fingerprint density at radius 1 is 1.13 bits per heavy atom. The Kier molecular flexibility index (Phi) is 2.45. The highest BCUT2D eigenvalue weighted by Crippen LogP contribution is 2.23. The zero-order valence-corrected chi connectivity index (χ0v) is 8.38. The lowest BCUT2D eigenvalue weighted by molar-refractivity contribution is 1.39. The number of rotatable bonds is 1. The summed E-state index contributed by atoms with van der Waals surface area (Å²) in [6, 6.07) is 9.03. The van der Waals surface area contributed by atoms with Gasteiger partial charge < -0.3 is 0 Å². The maximum absolute atomic E-state index is 8.80. The predicted molar refractivity (Wildman–Crippen MR) is 55.8 cm³/mol. The van der Waals surface area contributed by atoms with Gasteiger partial charge in [-0.3, -0.25) is 0 Å². The van der Waals surface area contributed by atoms with E-state index >= 15 is 0 Å². The number of hydrogen-bond acceptors (Lipinski definition) is 4. The fraction of sp³-hybridized carbons (Fsp3) is 0. The SMILES string of the molecule is N#Cc1cc(C#N)cc(-c2nc[c]s2)c1. The zero-order valence-electron chi connectivity index (χ0n) is 7.56. The van der Waals surface area contributed by atoms with Crippen LogP contribution in [0.5, 0.6) is 0 Å². The Morgan fingerprint density at radius 2 is 1.80 bits per heavy atom. The third kappa shape index (κ3) is 1.85. The lowest BCUT2D eigenvalue weighted by Gasteiger charge is -1.97.